The van der Waals surface area contributed by atoms with Crippen molar-refractivity contribution in [3.8, 4) is 0 Å². The Morgan fingerprint density at radius 3 is 2.73 bits per heavy atom. The van der Waals surface area contributed by atoms with Crippen LogP contribution in [0.4, 0.5) is 0 Å². The monoisotopic (exact) mass is 298 g/mol. The number of aromatic amines is 1. The van der Waals surface area contributed by atoms with Crippen LogP contribution in [-0.2, 0) is 0 Å². The molecule has 22 heavy (non-hydrogen) atoms. The zero-order valence-corrected chi connectivity index (χ0v) is 13.1. The zero-order chi connectivity index (χ0) is 15.5. The van der Waals surface area contributed by atoms with Crippen LogP contribution in [0.15, 0.2) is 35.6 Å². The van der Waals surface area contributed by atoms with E-state index < -0.39 is 0 Å². The molecular weight excluding hydrogens is 276 g/mol. The Labute approximate surface area is 130 Å². The van der Waals surface area contributed by atoms with Gasteiger partial charge < -0.3 is 9.88 Å². The molecule has 0 spiro atoms. The van der Waals surface area contributed by atoms with Gasteiger partial charge in [0.2, 0.25) is 0 Å². The first-order valence-electron chi connectivity index (χ1n) is 7.81. The lowest BCUT2D eigenvalue weighted by Gasteiger charge is -2.30. The van der Waals surface area contributed by atoms with Gasteiger partial charge in [-0.2, -0.15) is 5.10 Å². The second-order valence-corrected chi connectivity index (χ2v) is 6.00. The number of hydrazone groups is 1. The summed E-state index contributed by atoms with van der Waals surface area (Å²) in [5.41, 5.74) is 5.38. The van der Waals surface area contributed by atoms with Crippen molar-refractivity contribution in [1.82, 2.24) is 15.3 Å². The zero-order valence-electron chi connectivity index (χ0n) is 13.1. The first-order chi connectivity index (χ1) is 10.6. The fourth-order valence-corrected chi connectivity index (χ4v) is 2.86. The number of likely N-dealkylation sites (tertiary alicyclic amines) is 1. The molecule has 0 radical (unpaired) electrons. The molecule has 1 aliphatic heterocycles. The molecule has 5 nitrogen and oxygen atoms in total. The minimum Gasteiger partial charge on any atom is -0.360 e. The number of carbonyl (C=O) groups is 1. The SMILES string of the molecule is CC(C)N1CCC(=NNC(=O)c2c[nH]c3ccccc23)CC1. The highest BCUT2D eigenvalue weighted by molar-refractivity contribution is 6.07. The predicted octanol–water partition coefficient (Wildman–Crippen LogP) is 2.76. The van der Waals surface area contributed by atoms with Gasteiger partial charge in [-0.3, -0.25) is 4.79 Å². The average Bonchev–Trinajstić information content (AvgIpc) is 2.97. The summed E-state index contributed by atoms with van der Waals surface area (Å²) in [4.78, 5) is 17.8. The molecule has 2 aromatic rings. The Balaban J connectivity index is 1.64. The Morgan fingerprint density at radius 1 is 1.27 bits per heavy atom. The number of nitrogens with zero attached hydrogens (tertiary/aromatic N) is 2. The topological polar surface area (TPSA) is 60.5 Å². The first kappa shape index (κ1) is 14.8. The molecule has 1 amide bonds. The van der Waals surface area contributed by atoms with Crippen molar-refractivity contribution in [1.29, 1.82) is 0 Å². The maximum Gasteiger partial charge on any atom is 0.273 e. The lowest BCUT2D eigenvalue weighted by atomic mass is 10.1. The third-order valence-corrected chi connectivity index (χ3v) is 4.25. The molecular formula is C17H22N4O. The summed E-state index contributed by atoms with van der Waals surface area (Å²) in [6, 6.07) is 8.35. The van der Waals surface area contributed by atoms with E-state index in [4.69, 9.17) is 0 Å². The van der Waals surface area contributed by atoms with Crippen LogP contribution in [-0.4, -0.2) is 40.6 Å². The van der Waals surface area contributed by atoms with E-state index in [9.17, 15) is 4.79 Å². The van der Waals surface area contributed by atoms with Crippen molar-refractivity contribution >= 4 is 22.5 Å². The third-order valence-electron chi connectivity index (χ3n) is 4.25. The van der Waals surface area contributed by atoms with Crippen molar-refractivity contribution in [2.75, 3.05) is 13.1 Å². The molecule has 0 bridgehead atoms. The minimum absolute atomic E-state index is 0.156. The molecule has 1 aromatic carbocycles. The summed E-state index contributed by atoms with van der Waals surface area (Å²) in [5, 5.41) is 5.24. The summed E-state index contributed by atoms with van der Waals surface area (Å²) < 4.78 is 0. The van der Waals surface area contributed by atoms with Gasteiger partial charge in [-0.25, -0.2) is 5.43 Å². The number of H-pyrrole nitrogens is 1. The normalized spacial score (nSPS) is 16.2. The highest BCUT2D eigenvalue weighted by Crippen LogP contribution is 2.17. The number of benzene rings is 1. The van der Waals surface area contributed by atoms with E-state index in [0.717, 1.165) is 42.5 Å². The molecule has 0 aliphatic carbocycles. The summed E-state index contributed by atoms with van der Waals surface area (Å²) in [5.74, 6) is -0.156. The first-order valence-corrected chi connectivity index (χ1v) is 7.81. The number of hydrogen-bond donors (Lipinski definition) is 2. The van der Waals surface area contributed by atoms with Crippen molar-refractivity contribution < 1.29 is 4.79 Å². The molecule has 1 saturated heterocycles. The smallest absolute Gasteiger partial charge is 0.273 e. The molecule has 5 heteroatoms. The van der Waals surface area contributed by atoms with E-state index in [2.05, 4.69) is 34.3 Å². The van der Waals surface area contributed by atoms with Crippen LogP contribution in [0.1, 0.15) is 37.0 Å². The molecule has 1 aromatic heterocycles. The number of amides is 1. The molecule has 0 unspecified atom stereocenters. The Kier molecular flexibility index (Phi) is 4.24. The minimum atomic E-state index is -0.156. The Morgan fingerprint density at radius 2 is 2.00 bits per heavy atom. The van der Waals surface area contributed by atoms with Crippen LogP contribution in [0.3, 0.4) is 0 Å². The molecule has 2 heterocycles. The van der Waals surface area contributed by atoms with Crippen LogP contribution in [0, 0.1) is 0 Å². The van der Waals surface area contributed by atoms with E-state index in [1.165, 1.54) is 0 Å². The molecule has 1 fully saturated rings. The Bertz CT molecular complexity index is 692. The van der Waals surface area contributed by atoms with E-state index in [-0.39, 0.29) is 5.91 Å². The number of aromatic nitrogens is 1. The van der Waals surface area contributed by atoms with Crippen molar-refractivity contribution in [2.24, 2.45) is 5.10 Å². The van der Waals surface area contributed by atoms with Gasteiger partial charge in [0.1, 0.15) is 0 Å². The van der Waals surface area contributed by atoms with Crippen LogP contribution in [0.2, 0.25) is 0 Å². The molecule has 0 saturated carbocycles. The van der Waals surface area contributed by atoms with E-state index in [1.54, 1.807) is 6.20 Å². The molecule has 2 N–H and O–H groups in total. The fraction of sp³-hybridized carbons (Fsp3) is 0.412. The van der Waals surface area contributed by atoms with Crippen LogP contribution in [0.25, 0.3) is 10.9 Å². The van der Waals surface area contributed by atoms with Crippen molar-refractivity contribution in [3.63, 3.8) is 0 Å². The standard InChI is InChI=1S/C17H22N4O/c1-12(2)21-9-7-13(8-10-21)19-20-17(22)15-11-18-16-6-4-3-5-14(15)16/h3-6,11-12,18H,7-10H2,1-2H3,(H,20,22). The number of para-hydroxylation sites is 1. The summed E-state index contributed by atoms with van der Waals surface area (Å²) in [6.45, 7) is 6.45. The number of hydrogen-bond acceptors (Lipinski definition) is 3. The van der Waals surface area contributed by atoms with Gasteiger partial charge in [-0.1, -0.05) is 18.2 Å². The summed E-state index contributed by atoms with van der Waals surface area (Å²) in [7, 11) is 0. The lowest BCUT2D eigenvalue weighted by molar-refractivity contribution is 0.0956. The van der Waals surface area contributed by atoms with E-state index in [1.807, 2.05) is 24.3 Å². The van der Waals surface area contributed by atoms with Gasteiger partial charge in [0.25, 0.3) is 5.91 Å². The fourth-order valence-electron chi connectivity index (χ4n) is 2.86. The van der Waals surface area contributed by atoms with Crippen LogP contribution < -0.4 is 5.43 Å². The molecule has 3 rings (SSSR count). The quantitative estimate of drug-likeness (QED) is 0.856. The maximum absolute atomic E-state index is 12.3. The van der Waals surface area contributed by atoms with Crippen molar-refractivity contribution in [2.45, 2.75) is 32.7 Å². The van der Waals surface area contributed by atoms with Crippen LogP contribution in [0.5, 0.6) is 0 Å². The van der Waals surface area contributed by atoms with Gasteiger partial charge in [-0.15, -0.1) is 0 Å². The second kappa shape index (κ2) is 6.32. The highest BCUT2D eigenvalue weighted by atomic mass is 16.2. The number of carbonyl (C=O) groups excluding carboxylic acids is 1. The number of nitrogens with one attached hydrogen (secondary N) is 2. The van der Waals surface area contributed by atoms with Crippen molar-refractivity contribution in [3.05, 3.63) is 36.0 Å². The van der Waals surface area contributed by atoms with E-state index >= 15 is 0 Å². The second-order valence-electron chi connectivity index (χ2n) is 6.00. The Hall–Kier alpha value is -2.14. The number of piperidine rings is 1. The molecule has 0 atom stereocenters. The van der Waals surface area contributed by atoms with Gasteiger partial charge in [0, 0.05) is 54.8 Å². The molecule has 1 aliphatic rings. The third kappa shape index (κ3) is 3.04. The van der Waals surface area contributed by atoms with E-state index in [0.29, 0.717) is 11.6 Å². The van der Waals surface area contributed by atoms with Gasteiger partial charge in [-0.05, 0) is 19.9 Å². The van der Waals surface area contributed by atoms with Gasteiger partial charge in [0.15, 0.2) is 0 Å². The average molecular weight is 298 g/mol. The summed E-state index contributed by atoms with van der Waals surface area (Å²) >= 11 is 0. The highest BCUT2D eigenvalue weighted by Gasteiger charge is 2.18. The maximum atomic E-state index is 12.3. The van der Waals surface area contributed by atoms with Crippen LogP contribution >= 0.6 is 0 Å². The lowest BCUT2D eigenvalue weighted by Crippen LogP contribution is -2.39. The number of fused-ring (bicyclic) bond motifs is 1. The summed E-state index contributed by atoms with van der Waals surface area (Å²) in [6.07, 6.45) is 3.58. The number of rotatable bonds is 3. The van der Waals surface area contributed by atoms with Gasteiger partial charge in [0.05, 0.1) is 5.56 Å². The van der Waals surface area contributed by atoms with Gasteiger partial charge >= 0.3 is 0 Å². The molecule has 116 valence electrons. The predicted molar refractivity (Wildman–Crippen MR) is 89.1 cm³/mol. The largest absolute Gasteiger partial charge is 0.360 e.